The number of halogens is 3. The molecule has 1 aliphatic rings. The number of benzene rings is 2. The number of alkyl halides is 3. The van der Waals surface area contributed by atoms with Crippen LogP contribution in [0.15, 0.2) is 54.6 Å². The van der Waals surface area contributed by atoms with Crippen LogP contribution in [0, 0.1) is 0 Å². The Labute approximate surface area is 166 Å². The number of amides is 1. The van der Waals surface area contributed by atoms with E-state index in [0.29, 0.717) is 35.3 Å². The molecule has 0 bridgehead atoms. The van der Waals surface area contributed by atoms with Gasteiger partial charge in [-0.2, -0.15) is 18.3 Å². The van der Waals surface area contributed by atoms with Crippen LogP contribution < -0.4 is 5.32 Å². The number of anilines is 1. The number of aromatic nitrogens is 2. The van der Waals surface area contributed by atoms with Crippen molar-refractivity contribution in [3.8, 4) is 0 Å². The van der Waals surface area contributed by atoms with Crippen molar-refractivity contribution in [2.45, 2.75) is 38.4 Å². The van der Waals surface area contributed by atoms with Crippen LogP contribution in [0.25, 0.3) is 0 Å². The fourth-order valence-corrected chi connectivity index (χ4v) is 3.74. The van der Waals surface area contributed by atoms with E-state index >= 15 is 0 Å². The van der Waals surface area contributed by atoms with Gasteiger partial charge in [-0.15, -0.1) is 0 Å². The first-order chi connectivity index (χ1) is 13.9. The van der Waals surface area contributed by atoms with Crippen molar-refractivity contribution < 1.29 is 18.0 Å². The Morgan fingerprint density at radius 2 is 1.79 bits per heavy atom. The lowest BCUT2D eigenvalue weighted by atomic mass is 9.95. The highest BCUT2D eigenvalue weighted by atomic mass is 19.4. The monoisotopic (exact) mass is 399 g/mol. The van der Waals surface area contributed by atoms with Crippen molar-refractivity contribution in [3.05, 3.63) is 82.7 Å². The SMILES string of the molecule is O=C(Nc1ccccc1)c1cccc(Cn2nc(C(F)(F)F)c3c2CCCC3)c1. The zero-order valence-electron chi connectivity index (χ0n) is 15.7. The summed E-state index contributed by atoms with van der Waals surface area (Å²) in [6, 6.07) is 16.0. The number of carbonyl (C=O) groups is 1. The van der Waals surface area contributed by atoms with Gasteiger partial charge in [0.1, 0.15) is 0 Å². The summed E-state index contributed by atoms with van der Waals surface area (Å²) in [6.45, 7) is 0.199. The van der Waals surface area contributed by atoms with Crippen LogP contribution in [-0.4, -0.2) is 15.7 Å². The molecule has 0 unspecified atom stereocenters. The second kappa shape index (κ2) is 7.73. The van der Waals surface area contributed by atoms with E-state index in [1.54, 1.807) is 36.4 Å². The quantitative estimate of drug-likeness (QED) is 0.665. The van der Waals surface area contributed by atoms with Crippen molar-refractivity contribution in [2.75, 3.05) is 5.32 Å². The third-order valence-corrected chi connectivity index (χ3v) is 5.08. The molecule has 0 fully saturated rings. The van der Waals surface area contributed by atoms with Crippen molar-refractivity contribution in [1.82, 2.24) is 9.78 Å². The molecule has 7 heteroatoms. The van der Waals surface area contributed by atoms with E-state index in [-0.39, 0.29) is 12.5 Å². The third kappa shape index (κ3) is 4.18. The molecule has 0 spiro atoms. The van der Waals surface area contributed by atoms with Gasteiger partial charge in [0.15, 0.2) is 5.69 Å². The molecule has 2 aromatic carbocycles. The second-order valence-electron chi connectivity index (χ2n) is 7.16. The molecule has 1 aromatic heterocycles. The number of fused-ring (bicyclic) bond motifs is 1. The topological polar surface area (TPSA) is 46.9 Å². The van der Waals surface area contributed by atoms with Gasteiger partial charge in [0, 0.05) is 22.5 Å². The Kier molecular flexibility index (Phi) is 5.13. The Hall–Kier alpha value is -3.09. The van der Waals surface area contributed by atoms with E-state index < -0.39 is 11.9 Å². The summed E-state index contributed by atoms with van der Waals surface area (Å²) in [5.74, 6) is -0.267. The molecule has 0 atom stereocenters. The number of rotatable bonds is 4. The normalized spacial score (nSPS) is 13.8. The smallest absolute Gasteiger partial charge is 0.322 e. The highest BCUT2D eigenvalue weighted by Crippen LogP contribution is 2.36. The number of para-hydroxylation sites is 1. The number of hydrogen-bond donors (Lipinski definition) is 1. The summed E-state index contributed by atoms with van der Waals surface area (Å²) >= 11 is 0. The van der Waals surface area contributed by atoms with E-state index in [1.807, 2.05) is 18.2 Å². The summed E-state index contributed by atoms with van der Waals surface area (Å²) in [5, 5.41) is 6.70. The first kappa shape index (κ1) is 19.2. The van der Waals surface area contributed by atoms with Crippen LogP contribution in [0.3, 0.4) is 0 Å². The van der Waals surface area contributed by atoms with Crippen LogP contribution in [0.2, 0.25) is 0 Å². The molecular formula is C22H20F3N3O. The van der Waals surface area contributed by atoms with Gasteiger partial charge in [-0.1, -0.05) is 30.3 Å². The predicted octanol–water partition coefficient (Wildman–Crippen LogP) is 5.08. The molecule has 0 radical (unpaired) electrons. The Morgan fingerprint density at radius 3 is 2.55 bits per heavy atom. The average Bonchev–Trinajstić information content (AvgIpc) is 3.08. The summed E-state index contributed by atoms with van der Waals surface area (Å²) in [5.41, 5.74) is 2.06. The number of hydrogen-bond acceptors (Lipinski definition) is 2. The summed E-state index contributed by atoms with van der Waals surface area (Å²) in [7, 11) is 0. The highest BCUT2D eigenvalue weighted by molar-refractivity contribution is 6.04. The lowest BCUT2D eigenvalue weighted by Gasteiger charge is -2.15. The molecule has 0 saturated carbocycles. The first-order valence-corrected chi connectivity index (χ1v) is 9.53. The van der Waals surface area contributed by atoms with Gasteiger partial charge in [0.2, 0.25) is 0 Å². The van der Waals surface area contributed by atoms with Gasteiger partial charge in [0.05, 0.1) is 6.54 Å². The molecule has 4 nitrogen and oxygen atoms in total. The molecule has 0 aliphatic heterocycles. The molecular weight excluding hydrogens is 379 g/mol. The Bertz CT molecular complexity index is 1030. The maximum absolute atomic E-state index is 13.4. The standard InChI is InChI=1S/C22H20F3N3O/c23-22(24,25)20-18-11-4-5-12-19(18)28(27-20)14-15-7-6-8-16(13-15)21(29)26-17-9-2-1-3-10-17/h1-3,6-10,13H,4-5,11-12,14H2,(H,26,29). The molecule has 3 aromatic rings. The van der Waals surface area contributed by atoms with E-state index in [2.05, 4.69) is 10.4 Å². The second-order valence-corrected chi connectivity index (χ2v) is 7.16. The largest absolute Gasteiger partial charge is 0.435 e. The van der Waals surface area contributed by atoms with Crippen molar-refractivity contribution in [2.24, 2.45) is 0 Å². The third-order valence-electron chi connectivity index (χ3n) is 5.08. The molecule has 4 rings (SSSR count). The van der Waals surface area contributed by atoms with Crippen LogP contribution in [-0.2, 0) is 25.6 Å². The molecule has 1 N–H and O–H groups in total. The molecule has 1 aliphatic carbocycles. The van der Waals surface area contributed by atoms with Crippen LogP contribution in [0.5, 0.6) is 0 Å². The van der Waals surface area contributed by atoms with E-state index in [9.17, 15) is 18.0 Å². The number of carbonyl (C=O) groups excluding carboxylic acids is 1. The summed E-state index contributed by atoms with van der Waals surface area (Å²) in [4.78, 5) is 12.5. The zero-order valence-corrected chi connectivity index (χ0v) is 15.7. The van der Waals surface area contributed by atoms with Gasteiger partial charge in [-0.05, 0) is 55.5 Å². The number of nitrogens with one attached hydrogen (secondary N) is 1. The minimum Gasteiger partial charge on any atom is -0.322 e. The summed E-state index contributed by atoms with van der Waals surface area (Å²) in [6.07, 6.45) is -1.85. The predicted molar refractivity (Wildman–Crippen MR) is 104 cm³/mol. The van der Waals surface area contributed by atoms with Crippen LogP contribution in [0.1, 0.15) is 45.7 Å². The Morgan fingerprint density at radius 1 is 1.03 bits per heavy atom. The molecule has 150 valence electrons. The fraction of sp³-hybridized carbons (Fsp3) is 0.273. The van der Waals surface area contributed by atoms with Crippen molar-refractivity contribution in [3.63, 3.8) is 0 Å². The maximum Gasteiger partial charge on any atom is 0.435 e. The lowest BCUT2D eigenvalue weighted by molar-refractivity contribution is -0.142. The van der Waals surface area contributed by atoms with Gasteiger partial charge in [0.25, 0.3) is 5.91 Å². The van der Waals surface area contributed by atoms with Gasteiger partial charge < -0.3 is 5.32 Å². The van der Waals surface area contributed by atoms with Crippen LogP contribution in [0.4, 0.5) is 18.9 Å². The molecule has 1 heterocycles. The van der Waals surface area contributed by atoms with E-state index in [4.69, 9.17) is 0 Å². The van der Waals surface area contributed by atoms with Crippen molar-refractivity contribution in [1.29, 1.82) is 0 Å². The first-order valence-electron chi connectivity index (χ1n) is 9.53. The van der Waals surface area contributed by atoms with E-state index in [1.165, 1.54) is 4.68 Å². The minimum atomic E-state index is -4.45. The van der Waals surface area contributed by atoms with E-state index in [0.717, 1.165) is 18.4 Å². The van der Waals surface area contributed by atoms with Crippen molar-refractivity contribution >= 4 is 11.6 Å². The average molecular weight is 399 g/mol. The fourth-order valence-electron chi connectivity index (χ4n) is 3.74. The maximum atomic E-state index is 13.4. The molecule has 29 heavy (non-hydrogen) atoms. The van der Waals surface area contributed by atoms with Gasteiger partial charge in [-0.25, -0.2) is 0 Å². The number of nitrogens with zero attached hydrogens (tertiary/aromatic N) is 2. The minimum absolute atomic E-state index is 0.199. The molecule has 0 saturated heterocycles. The Balaban J connectivity index is 1.59. The zero-order chi connectivity index (χ0) is 20.4. The summed E-state index contributed by atoms with van der Waals surface area (Å²) < 4.78 is 41.6. The highest BCUT2D eigenvalue weighted by Gasteiger charge is 2.39. The van der Waals surface area contributed by atoms with Crippen LogP contribution >= 0.6 is 0 Å². The molecule has 1 amide bonds. The lowest BCUT2D eigenvalue weighted by Crippen LogP contribution is -2.13. The van der Waals surface area contributed by atoms with Gasteiger partial charge >= 0.3 is 6.18 Å². The van der Waals surface area contributed by atoms with Gasteiger partial charge in [-0.3, -0.25) is 9.48 Å².